The van der Waals surface area contributed by atoms with Gasteiger partial charge in [-0.3, -0.25) is 0 Å². The molecule has 0 amide bonds. The van der Waals surface area contributed by atoms with E-state index in [1.54, 1.807) is 18.9 Å². The molecule has 0 aliphatic heterocycles. The number of hydrogen-bond donors (Lipinski definition) is 0. The molecule has 0 bridgehead atoms. The van der Waals surface area contributed by atoms with Crippen LogP contribution < -0.4 is 4.74 Å². The first kappa shape index (κ1) is 11.4. The highest BCUT2D eigenvalue weighted by Gasteiger charge is 2.07. The minimum absolute atomic E-state index is 0.631. The first-order chi connectivity index (χ1) is 6.72. The summed E-state index contributed by atoms with van der Waals surface area (Å²) in [5.74, 6) is 1.61. The van der Waals surface area contributed by atoms with Crippen molar-refractivity contribution in [1.82, 2.24) is 0 Å². The quantitative estimate of drug-likeness (QED) is 0.696. The largest absolute Gasteiger partial charge is 0.496 e. The first-order valence-electron chi connectivity index (χ1n) is 4.94. The van der Waals surface area contributed by atoms with Crippen LogP contribution in [-0.2, 0) is 0 Å². The molecule has 1 rings (SSSR count). The predicted molar refractivity (Wildman–Crippen MR) is 63.5 cm³/mol. The molecule has 1 nitrogen and oxygen atoms in total. The van der Waals surface area contributed by atoms with E-state index >= 15 is 0 Å². The van der Waals surface area contributed by atoms with Crippen LogP contribution in [0.2, 0.25) is 0 Å². The lowest BCUT2D eigenvalue weighted by molar-refractivity contribution is 0.404. The van der Waals surface area contributed by atoms with Gasteiger partial charge in [0.05, 0.1) is 7.11 Å². The van der Waals surface area contributed by atoms with Crippen LogP contribution in [0.4, 0.5) is 0 Å². The highest BCUT2D eigenvalue weighted by Crippen LogP contribution is 2.31. The van der Waals surface area contributed by atoms with Gasteiger partial charge in [0, 0.05) is 4.90 Å². The molecule has 0 heterocycles. The molecule has 78 valence electrons. The molecule has 2 heteroatoms. The minimum atomic E-state index is 0.631. The summed E-state index contributed by atoms with van der Waals surface area (Å²) < 4.78 is 5.28. The number of thioether (sulfide) groups is 1. The van der Waals surface area contributed by atoms with Crippen molar-refractivity contribution >= 4 is 11.8 Å². The van der Waals surface area contributed by atoms with E-state index in [0.29, 0.717) is 5.92 Å². The third-order valence-corrected chi connectivity index (χ3v) is 3.35. The predicted octanol–water partition coefficient (Wildman–Crippen LogP) is 3.93. The molecule has 14 heavy (non-hydrogen) atoms. The lowest BCUT2D eigenvalue weighted by Crippen LogP contribution is -1.93. The van der Waals surface area contributed by atoms with E-state index in [-0.39, 0.29) is 0 Å². The molecule has 0 fully saturated rings. The number of ether oxygens (including phenoxy) is 1. The summed E-state index contributed by atoms with van der Waals surface area (Å²) in [5, 5.41) is 0. The molecule has 0 aromatic heterocycles. The fraction of sp³-hybridized carbons (Fsp3) is 0.500. The summed E-state index contributed by atoms with van der Waals surface area (Å²) >= 11 is 1.74. The van der Waals surface area contributed by atoms with Crippen LogP contribution in [0.25, 0.3) is 0 Å². The van der Waals surface area contributed by atoms with E-state index in [4.69, 9.17) is 4.74 Å². The van der Waals surface area contributed by atoms with Crippen LogP contribution in [0.1, 0.15) is 31.7 Å². The van der Waals surface area contributed by atoms with E-state index in [1.807, 2.05) is 0 Å². The van der Waals surface area contributed by atoms with Crippen molar-refractivity contribution in [3.8, 4) is 5.75 Å². The number of methoxy groups -OCH3 is 1. The van der Waals surface area contributed by atoms with Crippen molar-refractivity contribution in [3.05, 3.63) is 23.8 Å². The van der Waals surface area contributed by atoms with Gasteiger partial charge in [0.2, 0.25) is 0 Å². The van der Waals surface area contributed by atoms with Gasteiger partial charge in [0.1, 0.15) is 5.75 Å². The second kappa shape index (κ2) is 5.30. The van der Waals surface area contributed by atoms with Crippen molar-refractivity contribution in [2.75, 3.05) is 13.4 Å². The van der Waals surface area contributed by atoms with Crippen LogP contribution >= 0.6 is 11.8 Å². The van der Waals surface area contributed by atoms with Gasteiger partial charge in [-0.1, -0.05) is 19.9 Å². The number of rotatable bonds is 4. The fourth-order valence-electron chi connectivity index (χ4n) is 1.40. The zero-order valence-corrected chi connectivity index (χ0v) is 10.1. The Morgan fingerprint density at radius 2 is 2.14 bits per heavy atom. The van der Waals surface area contributed by atoms with E-state index in [2.05, 4.69) is 38.3 Å². The van der Waals surface area contributed by atoms with E-state index < -0.39 is 0 Å². The zero-order valence-electron chi connectivity index (χ0n) is 9.33. The normalized spacial score (nSPS) is 12.6. The van der Waals surface area contributed by atoms with Gasteiger partial charge >= 0.3 is 0 Å². The van der Waals surface area contributed by atoms with Gasteiger partial charge in [-0.05, 0) is 36.3 Å². The van der Waals surface area contributed by atoms with Crippen molar-refractivity contribution in [1.29, 1.82) is 0 Å². The van der Waals surface area contributed by atoms with Gasteiger partial charge < -0.3 is 4.74 Å². The Hall–Kier alpha value is -0.630. The second-order valence-corrected chi connectivity index (χ2v) is 4.27. The first-order valence-corrected chi connectivity index (χ1v) is 6.17. The summed E-state index contributed by atoms with van der Waals surface area (Å²) in [6.07, 6.45) is 3.26. The van der Waals surface area contributed by atoms with E-state index in [1.165, 1.54) is 16.9 Å². The Kier molecular flexibility index (Phi) is 4.33. The number of hydrogen-bond acceptors (Lipinski definition) is 2. The molecule has 1 unspecified atom stereocenters. The molecule has 0 saturated heterocycles. The van der Waals surface area contributed by atoms with Crippen molar-refractivity contribution < 1.29 is 4.74 Å². The Morgan fingerprint density at radius 1 is 1.43 bits per heavy atom. The smallest absolute Gasteiger partial charge is 0.132 e. The van der Waals surface area contributed by atoms with Gasteiger partial charge in [0.25, 0.3) is 0 Å². The van der Waals surface area contributed by atoms with Crippen molar-refractivity contribution in [3.63, 3.8) is 0 Å². The minimum Gasteiger partial charge on any atom is -0.496 e. The molecule has 0 aliphatic carbocycles. The summed E-state index contributed by atoms with van der Waals surface area (Å²) in [4.78, 5) is 1.23. The van der Waals surface area contributed by atoms with Crippen LogP contribution in [0, 0.1) is 0 Å². The molecule has 0 N–H and O–H groups in total. The van der Waals surface area contributed by atoms with Crippen LogP contribution in [0.15, 0.2) is 23.1 Å². The summed E-state index contributed by atoms with van der Waals surface area (Å²) in [6.45, 7) is 4.47. The lowest BCUT2D eigenvalue weighted by atomic mass is 9.99. The maximum Gasteiger partial charge on any atom is 0.132 e. The van der Waals surface area contributed by atoms with Crippen molar-refractivity contribution in [2.24, 2.45) is 0 Å². The Balaban J connectivity index is 3.01. The molecule has 1 atom stereocenters. The Labute approximate surface area is 90.9 Å². The van der Waals surface area contributed by atoms with Crippen LogP contribution in [0.3, 0.4) is 0 Å². The number of benzene rings is 1. The standard InChI is InChI=1S/C12H18OS/c1-5-9(2)10-6-7-11(13-3)12(8-10)14-4/h6-9H,5H2,1-4H3. The maximum absolute atomic E-state index is 5.28. The molecular weight excluding hydrogens is 192 g/mol. The van der Waals surface area contributed by atoms with Gasteiger partial charge in [-0.2, -0.15) is 0 Å². The molecule has 0 saturated carbocycles. The molecule has 1 aromatic carbocycles. The molecule has 0 aliphatic rings. The van der Waals surface area contributed by atoms with Gasteiger partial charge in [-0.15, -0.1) is 11.8 Å². The van der Waals surface area contributed by atoms with Crippen molar-refractivity contribution in [2.45, 2.75) is 31.1 Å². The Bertz CT molecular complexity index is 296. The monoisotopic (exact) mass is 210 g/mol. The molecule has 0 spiro atoms. The van der Waals surface area contributed by atoms with Gasteiger partial charge in [-0.25, -0.2) is 0 Å². The second-order valence-electron chi connectivity index (χ2n) is 3.42. The maximum atomic E-state index is 5.28. The van der Waals surface area contributed by atoms with E-state index in [0.717, 1.165) is 5.75 Å². The highest BCUT2D eigenvalue weighted by atomic mass is 32.2. The van der Waals surface area contributed by atoms with Crippen LogP contribution in [-0.4, -0.2) is 13.4 Å². The average molecular weight is 210 g/mol. The van der Waals surface area contributed by atoms with E-state index in [9.17, 15) is 0 Å². The topological polar surface area (TPSA) is 9.23 Å². The Morgan fingerprint density at radius 3 is 2.64 bits per heavy atom. The summed E-state index contributed by atoms with van der Waals surface area (Å²) in [7, 11) is 1.72. The summed E-state index contributed by atoms with van der Waals surface area (Å²) in [5.41, 5.74) is 1.40. The molecule has 1 aromatic rings. The third kappa shape index (κ3) is 2.44. The zero-order chi connectivity index (χ0) is 10.6. The highest BCUT2D eigenvalue weighted by molar-refractivity contribution is 7.98. The van der Waals surface area contributed by atoms with Crippen LogP contribution in [0.5, 0.6) is 5.75 Å². The fourth-order valence-corrected chi connectivity index (χ4v) is 2.00. The third-order valence-electron chi connectivity index (χ3n) is 2.59. The summed E-state index contributed by atoms with van der Waals surface area (Å²) in [6, 6.07) is 6.46. The van der Waals surface area contributed by atoms with Gasteiger partial charge in [0.15, 0.2) is 0 Å². The molecule has 0 radical (unpaired) electrons. The molecular formula is C12H18OS. The lowest BCUT2D eigenvalue weighted by Gasteiger charge is -2.12. The SMILES string of the molecule is CCC(C)c1ccc(OC)c(SC)c1. The average Bonchev–Trinajstić information content (AvgIpc) is 2.26.